The monoisotopic (exact) mass is 312 g/mol. The average Bonchev–Trinajstić information content (AvgIpc) is 2.36. The van der Waals surface area contributed by atoms with E-state index in [2.05, 4.69) is 15.9 Å². The molecule has 0 unspecified atom stereocenters. The van der Waals surface area contributed by atoms with Crippen molar-refractivity contribution in [2.75, 3.05) is 11.1 Å². The van der Waals surface area contributed by atoms with Crippen molar-refractivity contribution in [1.29, 1.82) is 0 Å². The van der Waals surface area contributed by atoms with E-state index in [4.69, 9.17) is 0 Å². The van der Waals surface area contributed by atoms with Crippen molar-refractivity contribution in [2.45, 2.75) is 11.3 Å². The number of fused-ring (bicyclic) bond motifs is 1. The van der Waals surface area contributed by atoms with Gasteiger partial charge >= 0.3 is 0 Å². The topological polar surface area (TPSA) is 34.1 Å². The maximum absolute atomic E-state index is 12.0. The summed E-state index contributed by atoms with van der Waals surface area (Å²) in [5.41, 5.74) is 0. The lowest BCUT2D eigenvalue weighted by molar-refractivity contribution is 0.595. The molecule has 0 bridgehead atoms. The lowest BCUT2D eigenvalue weighted by Gasteiger charge is -2.05. The van der Waals surface area contributed by atoms with E-state index in [1.165, 1.54) is 0 Å². The largest absolute Gasteiger partial charge is 0.224 e. The lowest BCUT2D eigenvalue weighted by Crippen LogP contribution is -2.07. The van der Waals surface area contributed by atoms with Crippen LogP contribution in [-0.2, 0) is 9.84 Å². The third-order valence-electron chi connectivity index (χ3n) is 2.63. The molecule has 0 saturated carbocycles. The minimum Gasteiger partial charge on any atom is -0.224 e. The van der Waals surface area contributed by atoms with Gasteiger partial charge in [0, 0.05) is 5.33 Å². The molecule has 0 amide bonds. The zero-order valence-corrected chi connectivity index (χ0v) is 11.7. The van der Waals surface area contributed by atoms with Gasteiger partial charge < -0.3 is 0 Å². The molecular formula is C13H13BrO2S. The zero-order valence-electron chi connectivity index (χ0n) is 9.27. The van der Waals surface area contributed by atoms with E-state index in [9.17, 15) is 8.42 Å². The number of sulfone groups is 1. The minimum atomic E-state index is -3.14. The van der Waals surface area contributed by atoms with Crippen LogP contribution >= 0.6 is 15.9 Å². The Labute approximate surface area is 110 Å². The Hall–Kier alpha value is -0.870. The molecule has 2 nitrogen and oxygen atoms in total. The predicted molar refractivity (Wildman–Crippen MR) is 74.4 cm³/mol. The normalized spacial score (nSPS) is 11.8. The van der Waals surface area contributed by atoms with Crippen molar-refractivity contribution >= 4 is 36.5 Å². The van der Waals surface area contributed by atoms with Crippen LogP contribution in [0.25, 0.3) is 10.8 Å². The standard InChI is InChI=1S/C13H13BrO2S/c14-8-3-9-17(15,16)13-7-6-11-4-1-2-5-12(11)10-13/h1-2,4-7,10H,3,8-9H2. The third kappa shape index (κ3) is 2.87. The summed E-state index contributed by atoms with van der Waals surface area (Å²) in [5.74, 6) is 0.191. The molecule has 2 rings (SSSR count). The van der Waals surface area contributed by atoms with Crippen LogP contribution < -0.4 is 0 Å². The van der Waals surface area contributed by atoms with Gasteiger partial charge in [0.05, 0.1) is 10.6 Å². The molecule has 0 N–H and O–H groups in total. The summed E-state index contributed by atoms with van der Waals surface area (Å²) in [6.45, 7) is 0. The van der Waals surface area contributed by atoms with Gasteiger partial charge in [0.15, 0.2) is 9.84 Å². The van der Waals surface area contributed by atoms with Crippen LogP contribution in [0.2, 0.25) is 0 Å². The van der Waals surface area contributed by atoms with Gasteiger partial charge in [-0.3, -0.25) is 0 Å². The first-order valence-electron chi connectivity index (χ1n) is 5.41. The maximum Gasteiger partial charge on any atom is 0.178 e. The number of benzene rings is 2. The van der Waals surface area contributed by atoms with Crippen LogP contribution in [0, 0.1) is 0 Å². The first-order chi connectivity index (χ1) is 8.13. The quantitative estimate of drug-likeness (QED) is 0.811. The highest BCUT2D eigenvalue weighted by molar-refractivity contribution is 9.09. The van der Waals surface area contributed by atoms with Crippen LogP contribution in [-0.4, -0.2) is 19.5 Å². The van der Waals surface area contributed by atoms with E-state index in [-0.39, 0.29) is 5.75 Å². The molecule has 0 saturated heterocycles. The number of alkyl halides is 1. The summed E-state index contributed by atoms with van der Waals surface area (Å²) < 4.78 is 24.0. The summed E-state index contributed by atoms with van der Waals surface area (Å²) >= 11 is 3.25. The lowest BCUT2D eigenvalue weighted by atomic mass is 10.1. The Bertz CT molecular complexity index is 620. The molecule has 0 radical (unpaired) electrons. The second kappa shape index (κ2) is 5.19. The number of rotatable bonds is 4. The van der Waals surface area contributed by atoms with E-state index in [0.717, 1.165) is 10.8 Å². The predicted octanol–water partition coefficient (Wildman–Crippen LogP) is 3.40. The second-order valence-corrected chi connectivity index (χ2v) is 6.77. The summed E-state index contributed by atoms with van der Waals surface area (Å²) in [7, 11) is -3.14. The molecule has 2 aromatic carbocycles. The molecule has 0 spiro atoms. The van der Waals surface area contributed by atoms with Crippen molar-refractivity contribution in [2.24, 2.45) is 0 Å². The number of halogens is 1. The smallest absolute Gasteiger partial charge is 0.178 e. The summed E-state index contributed by atoms with van der Waals surface area (Å²) in [5, 5.41) is 2.74. The van der Waals surface area contributed by atoms with Crippen LogP contribution in [0.3, 0.4) is 0 Å². The molecule has 17 heavy (non-hydrogen) atoms. The molecule has 2 aromatic rings. The van der Waals surface area contributed by atoms with E-state index in [1.807, 2.05) is 30.3 Å². The zero-order chi connectivity index (χ0) is 12.3. The van der Waals surface area contributed by atoms with E-state index < -0.39 is 9.84 Å². The third-order valence-corrected chi connectivity index (χ3v) is 4.99. The molecule has 0 atom stereocenters. The van der Waals surface area contributed by atoms with Gasteiger partial charge in [-0.1, -0.05) is 46.3 Å². The molecule has 4 heteroatoms. The summed E-state index contributed by atoms with van der Waals surface area (Å²) in [4.78, 5) is 0.414. The van der Waals surface area contributed by atoms with E-state index in [0.29, 0.717) is 16.6 Å². The Morgan fingerprint density at radius 1 is 1.00 bits per heavy atom. The Kier molecular flexibility index (Phi) is 3.84. The number of hydrogen-bond acceptors (Lipinski definition) is 2. The fraction of sp³-hybridized carbons (Fsp3) is 0.231. The molecule has 0 heterocycles. The molecule has 0 aliphatic rings. The fourth-order valence-electron chi connectivity index (χ4n) is 1.72. The number of hydrogen-bond donors (Lipinski definition) is 0. The molecule has 0 aromatic heterocycles. The highest BCUT2D eigenvalue weighted by Gasteiger charge is 2.13. The fourth-order valence-corrected chi connectivity index (χ4v) is 3.72. The minimum absolute atomic E-state index is 0.191. The SMILES string of the molecule is O=S(=O)(CCCBr)c1ccc2ccccc2c1. The van der Waals surface area contributed by atoms with Crippen molar-refractivity contribution in [3.63, 3.8) is 0 Å². The van der Waals surface area contributed by atoms with Gasteiger partial charge in [-0.15, -0.1) is 0 Å². The van der Waals surface area contributed by atoms with Gasteiger partial charge in [0.1, 0.15) is 0 Å². The first kappa shape index (κ1) is 12.6. The van der Waals surface area contributed by atoms with Crippen LogP contribution in [0.5, 0.6) is 0 Å². The van der Waals surface area contributed by atoms with Gasteiger partial charge in [0.2, 0.25) is 0 Å². The van der Waals surface area contributed by atoms with Crippen molar-refractivity contribution in [3.8, 4) is 0 Å². The molecule has 0 aliphatic heterocycles. The van der Waals surface area contributed by atoms with Crippen LogP contribution in [0.4, 0.5) is 0 Å². The van der Waals surface area contributed by atoms with E-state index >= 15 is 0 Å². The van der Waals surface area contributed by atoms with Gasteiger partial charge in [0.25, 0.3) is 0 Å². The molecule has 0 fully saturated rings. The molecule has 90 valence electrons. The summed E-state index contributed by atoms with van der Waals surface area (Å²) in [6, 6.07) is 13.1. The van der Waals surface area contributed by atoms with Crippen molar-refractivity contribution in [1.82, 2.24) is 0 Å². The Balaban J connectivity index is 2.42. The van der Waals surface area contributed by atoms with Crippen LogP contribution in [0.15, 0.2) is 47.4 Å². The maximum atomic E-state index is 12.0. The molecular weight excluding hydrogens is 300 g/mol. The van der Waals surface area contributed by atoms with E-state index in [1.54, 1.807) is 12.1 Å². The van der Waals surface area contributed by atoms with Crippen LogP contribution in [0.1, 0.15) is 6.42 Å². The first-order valence-corrected chi connectivity index (χ1v) is 8.18. The summed E-state index contributed by atoms with van der Waals surface area (Å²) in [6.07, 6.45) is 0.634. The van der Waals surface area contributed by atoms with Gasteiger partial charge in [-0.05, 0) is 29.3 Å². The van der Waals surface area contributed by atoms with Gasteiger partial charge in [-0.25, -0.2) is 8.42 Å². The highest BCUT2D eigenvalue weighted by atomic mass is 79.9. The Morgan fingerprint density at radius 3 is 2.41 bits per heavy atom. The molecule has 0 aliphatic carbocycles. The average molecular weight is 313 g/mol. The van der Waals surface area contributed by atoms with Crippen molar-refractivity contribution in [3.05, 3.63) is 42.5 Å². The van der Waals surface area contributed by atoms with Gasteiger partial charge in [-0.2, -0.15) is 0 Å². The van der Waals surface area contributed by atoms with Crippen molar-refractivity contribution < 1.29 is 8.42 Å². The Morgan fingerprint density at radius 2 is 1.71 bits per heavy atom. The highest BCUT2D eigenvalue weighted by Crippen LogP contribution is 2.20. The second-order valence-electron chi connectivity index (χ2n) is 3.87.